The molecule has 1 aromatic carbocycles. The fraction of sp³-hybridized carbons (Fsp3) is 0.444. The van der Waals surface area contributed by atoms with Gasteiger partial charge in [0.05, 0.1) is 17.7 Å². The van der Waals surface area contributed by atoms with Crippen LogP contribution in [0.25, 0.3) is 6.08 Å². The van der Waals surface area contributed by atoms with Gasteiger partial charge in [0.2, 0.25) is 0 Å². The largest absolute Gasteiger partial charge is 0.490 e. The minimum atomic E-state index is -0.408. The van der Waals surface area contributed by atoms with Crippen molar-refractivity contribution in [2.24, 2.45) is 0 Å². The van der Waals surface area contributed by atoms with Crippen LogP contribution in [0.5, 0.6) is 11.5 Å². The molecule has 1 saturated heterocycles. The summed E-state index contributed by atoms with van der Waals surface area (Å²) >= 11 is 6.33. The summed E-state index contributed by atoms with van der Waals surface area (Å²) in [6.07, 6.45) is 2.23. The first-order valence-corrected chi connectivity index (χ1v) is 8.72. The molecule has 0 saturated carbocycles. The molecule has 1 N–H and O–H groups in total. The smallest absolute Gasteiger partial charge is 0.329 e. The van der Waals surface area contributed by atoms with Gasteiger partial charge >= 0.3 is 6.03 Å². The van der Waals surface area contributed by atoms with Crippen LogP contribution in [0.2, 0.25) is 5.02 Å². The zero-order valence-electron chi connectivity index (χ0n) is 14.9. The van der Waals surface area contributed by atoms with E-state index in [0.29, 0.717) is 41.7 Å². The van der Waals surface area contributed by atoms with Crippen molar-refractivity contribution in [3.63, 3.8) is 0 Å². The molecular formula is C18H23ClN2O4. The third-order valence-electron chi connectivity index (χ3n) is 3.41. The van der Waals surface area contributed by atoms with Gasteiger partial charge in [-0.1, -0.05) is 18.5 Å². The van der Waals surface area contributed by atoms with Crippen molar-refractivity contribution in [3.8, 4) is 11.5 Å². The summed E-state index contributed by atoms with van der Waals surface area (Å²) < 4.78 is 11.3. The number of rotatable bonds is 7. The lowest BCUT2D eigenvalue weighted by atomic mass is 10.1. The molecule has 1 aliphatic heterocycles. The first-order chi connectivity index (χ1) is 11.9. The van der Waals surface area contributed by atoms with E-state index in [1.165, 1.54) is 4.90 Å². The number of ether oxygens (including phenoxy) is 2. The fourth-order valence-electron chi connectivity index (χ4n) is 2.45. The van der Waals surface area contributed by atoms with E-state index in [2.05, 4.69) is 5.32 Å². The van der Waals surface area contributed by atoms with E-state index in [-0.39, 0.29) is 17.7 Å². The molecule has 1 aromatic rings. The zero-order valence-corrected chi connectivity index (χ0v) is 15.6. The molecule has 6 nitrogen and oxygen atoms in total. The number of imide groups is 1. The molecule has 0 spiro atoms. The molecule has 7 heteroatoms. The Bertz CT molecular complexity index is 701. The predicted molar refractivity (Wildman–Crippen MR) is 96.9 cm³/mol. The third-order valence-corrected chi connectivity index (χ3v) is 3.69. The van der Waals surface area contributed by atoms with Crippen molar-refractivity contribution < 1.29 is 19.1 Å². The van der Waals surface area contributed by atoms with Gasteiger partial charge in [0, 0.05) is 6.54 Å². The Morgan fingerprint density at radius 1 is 1.28 bits per heavy atom. The number of carbonyl (C=O) groups is 2. The number of urea groups is 1. The number of carbonyl (C=O) groups excluding carboxylic acids is 2. The molecular weight excluding hydrogens is 344 g/mol. The van der Waals surface area contributed by atoms with E-state index in [1.54, 1.807) is 18.2 Å². The molecule has 0 atom stereocenters. The number of nitrogens with one attached hydrogen (secondary N) is 1. The van der Waals surface area contributed by atoms with Crippen LogP contribution in [0.3, 0.4) is 0 Å². The average Bonchev–Trinajstić information content (AvgIpc) is 2.79. The Kier molecular flexibility index (Phi) is 6.31. The molecule has 1 aliphatic rings. The van der Waals surface area contributed by atoms with Gasteiger partial charge in [-0.25, -0.2) is 4.79 Å². The summed E-state index contributed by atoms with van der Waals surface area (Å²) in [5.74, 6) is 0.622. The number of hydrogen-bond donors (Lipinski definition) is 1. The van der Waals surface area contributed by atoms with Crippen LogP contribution in [0, 0.1) is 0 Å². The molecule has 2 rings (SSSR count). The zero-order chi connectivity index (χ0) is 18.6. The lowest BCUT2D eigenvalue weighted by molar-refractivity contribution is -0.122. The fourth-order valence-corrected chi connectivity index (χ4v) is 2.71. The number of halogens is 1. The summed E-state index contributed by atoms with van der Waals surface area (Å²) in [5.41, 5.74) is 0.862. The second kappa shape index (κ2) is 8.25. The third kappa shape index (κ3) is 4.45. The van der Waals surface area contributed by atoms with Gasteiger partial charge in [0.1, 0.15) is 5.70 Å². The van der Waals surface area contributed by atoms with Crippen molar-refractivity contribution in [3.05, 3.63) is 28.4 Å². The predicted octanol–water partition coefficient (Wildman–Crippen LogP) is 3.83. The van der Waals surface area contributed by atoms with E-state index < -0.39 is 6.03 Å². The molecule has 0 aromatic heterocycles. The van der Waals surface area contributed by atoms with Crippen molar-refractivity contribution in [2.45, 2.75) is 40.2 Å². The van der Waals surface area contributed by atoms with Gasteiger partial charge in [0.15, 0.2) is 11.5 Å². The molecule has 0 radical (unpaired) electrons. The quantitative estimate of drug-likeness (QED) is 0.588. The molecule has 1 fully saturated rings. The van der Waals surface area contributed by atoms with Crippen LogP contribution in [0.15, 0.2) is 17.8 Å². The molecule has 1 heterocycles. The summed E-state index contributed by atoms with van der Waals surface area (Å²) in [7, 11) is 0. The van der Waals surface area contributed by atoms with Gasteiger partial charge in [-0.05, 0) is 51.0 Å². The maximum Gasteiger partial charge on any atom is 0.329 e. The standard InChI is InChI=1S/C18H23ClN2O4/c1-5-7-21-17(22)14(20-18(21)23)9-12-8-13(19)16(25-11(3)4)15(10-12)24-6-2/h8-11H,5-7H2,1-4H3,(H,20,23)/b14-9+. The molecule has 0 aliphatic carbocycles. The topological polar surface area (TPSA) is 67.9 Å². The van der Waals surface area contributed by atoms with E-state index in [9.17, 15) is 9.59 Å². The summed E-state index contributed by atoms with van der Waals surface area (Å²) in [5, 5.41) is 2.97. The highest BCUT2D eigenvalue weighted by Gasteiger charge is 2.32. The van der Waals surface area contributed by atoms with Crippen LogP contribution in [-0.4, -0.2) is 36.1 Å². The van der Waals surface area contributed by atoms with Crippen molar-refractivity contribution in [2.75, 3.05) is 13.2 Å². The van der Waals surface area contributed by atoms with Gasteiger partial charge in [-0.2, -0.15) is 0 Å². The van der Waals surface area contributed by atoms with Crippen LogP contribution < -0.4 is 14.8 Å². The lowest BCUT2D eigenvalue weighted by Gasteiger charge is -2.16. The highest BCUT2D eigenvalue weighted by atomic mass is 35.5. The number of amides is 3. The molecule has 3 amide bonds. The maximum absolute atomic E-state index is 12.3. The molecule has 0 unspecified atom stereocenters. The highest BCUT2D eigenvalue weighted by Crippen LogP contribution is 2.38. The summed E-state index contributed by atoms with van der Waals surface area (Å²) in [4.78, 5) is 25.4. The Labute approximate surface area is 152 Å². The SMILES string of the molecule is CCCN1C(=O)N/C(=C/c2cc(Cl)c(OC(C)C)c(OCC)c2)C1=O. The molecule has 25 heavy (non-hydrogen) atoms. The minimum Gasteiger partial charge on any atom is -0.490 e. The first kappa shape index (κ1) is 19.1. The molecule has 0 bridgehead atoms. The van der Waals surface area contributed by atoms with Crippen molar-refractivity contribution in [1.29, 1.82) is 0 Å². The lowest BCUT2D eigenvalue weighted by Crippen LogP contribution is -2.31. The highest BCUT2D eigenvalue weighted by molar-refractivity contribution is 6.32. The first-order valence-electron chi connectivity index (χ1n) is 8.34. The number of nitrogens with zero attached hydrogens (tertiary/aromatic N) is 1. The summed E-state index contributed by atoms with van der Waals surface area (Å²) in [6, 6.07) is 3.01. The van der Waals surface area contributed by atoms with Crippen LogP contribution in [0.1, 0.15) is 39.7 Å². The Hall–Kier alpha value is -2.21. The monoisotopic (exact) mass is 366 g/mol. The van der Waals surface area contributed by atoms with Gasteiger partial charge in [-0.3, -0.25) is 9.69 Å². The molecule has 136 valence electrons. The van der Waals surface area contributed by atoms with Crippen molar-refractivity contribution in [1.82, 2.24) is 10.2 Å². The van der Waals surface area contributed by atoms with Crippen LogP contribution in [-0.2, 0) is 4.79 Å². The Morgan fingerprint density at radius 3 is 2.60 bits per heavy atom. The average molecular weight is 367 g/mol. The van der Waals surface area contributed by atoms with E-state index in [0.717, 1.165) is 0 Å². The van der Waals surface area contributed by atoms with E-state index in [1.807, 2.05) is 27.7 Å². The number of benzene rings is 1. The van der Waals surface area contributed by atoms with Gasteiger partial charge in [0.25, 0.3) is 5.91 Å². The van der Waals surface area contributed by atoms with E-state index in [4.69, 9.17) is 21.1 Å². The normalized spacial score (nSPS) is 15.9. The van der Waals surface area contributed by atoms with Crippen LogP contribution >= 0.6 is 11.6 Å². The number of hydrogen-bond acceptors (Lipinski definition) is 4. The second-order valence-electron chi connectivity index (χ2n) is 5.87. The van der Waals surface area contributed by atoms with Crippen molar-refractivity contribution >= 4 is 29.6 Å². The summed E-state index contributed by atoms with van der Waals surface area (Å²) in [6.45, 7) is 8.40. The van der Waals surface area contributed by atoms with Gasteiger partial charge in [-0.15, -0.1) is 0 Å². The minimum absolute atomic E-state index is 0.0563. The van der Waals surface area contributed by atoms with Gasteiger partial charge < -0.3 is 14.8 Å². The Balaban J connectivity index is 2.37. The Morgan fingerprint density at radius 2 is 2.00 bits per heavy atom. The second-order valence-corrected chi connectivity index (χ2v) is 6.28. The van der Waals surface area contributed by atoms with E-state index >= 15 is 0 Å². The maximum atomic E-state index is 12.3. The van der Waals surface area contributed by atoms with Crippen LogP contribution in [0.4, 0.5) is 4.79 Å².